The first-order valence-corrected chi connectivity index (χ1v) is 6.50. The Morgan fingerprint density at radius 2 is 1.90 bits per heavy atom. The Hall–Kier alpha value is -2.36. The summed E-state index contributed by atoms with van der Waals surface area (Å²) in [7, 11) is 0. The third-order valence-corrected chi connectivity index (χ3v) is 3.68. The minimum atomic E-state index is -1.23. The van der Waals surface area contributed by atoms with Gasteiger partial charge in [0.05, 0.1) is 5.56 Å². The van der Waals surface area contributed by atoms with Crippen molar-refractivity contribution in [1.29, 1.82) is 0 Å². The lowest BCUT2D eigenvalue weighted by Crippen LogP contribution is -2.30. The lowest BCUT2D eigenvalue weighted by Gasteiger charge is -2.31. The molecule has 102 valence electrons. The number of carbonyl (C=O) groups is 1. The fourth-order valence-corrected chi connectivity index (χ4v) is 2.59. The summed E-state index contributed by atoms with van der Waals surface area (Å²) < 4.78 is 13.4. The lowest BCUT2D eigenvalue weighted by atomic mass is 9.99. The van der Waals surface area contributed by atoms with Crippen LogP contribution in [0.1, 0.15) is 21.5 Å². The lowest BCUT2D eigenvalue weighted by molar-refractivity contribution is 0.0692. The zero-order valence-electron chi connectivity index (χ0n) is 10.8. The van der Waals surface area contributed by atoms with E-state index < -0.39 is 11.8 Å². The van der Waals surface area contributed by atoms with Crippen LogP contribution in [0.3, 0.4) is 0 Å². The second-order valence-electron chi connectivity index (χ2n) is 4.91. The second-order valence-corrected chi connectivity index (χ2v) is 4.91. The summed E-state index contributed by atoms with van der Waals surface area (Å²) in [5.41, 5.74) is 3.03. The molecule has 1 aliphatic rings. The Labute approximate surface area is 116 Å². The molecule has 1 heterocycles. The van der Waals surface area contributed by atoms with Crippen molar-refractivity contribution in [3.63, 3.8) is 0 Å². The molecule has 0 unspecified atom stereocenters. The summed E-state index contributed by atoms with van der Waals surface area (Å²) in [6, 6.07) is 12.5. The number of rotatable bonds is 2. The number of hydrogen-bond acceptors (Lipinski definition) is 2. The van der Waals surface area contributed by atoms with E-state index in [-0.39, 0.29) is 5.56 Å². The van der Waals surface area contributed by atoms with Crippen molar-refractivity contribution in [3.8, 4) is 0 Å². The molecule has 0 radical (unpaired) electrons. The molecule has 0 saturated carbocycles. The molecule has 0 aliphatic carbocycles. The average molecular weight is 271 g/mol. The van der Waals surface area contributed by atoms with Gasteiger partial charge in [-0.05, 0) is 35.7 Å². The number of anilines is 1. The van der Waals surface area contributed by atoms with Crippen LogP contribution in [0, 0.1) is 5.82 Å². The summed E-state index contributed by atoms with van der Waals surface area (Å²) in [5.74, 6) is -1.93. The monoisotopic (exact) mass is 271 g/mol. The third-order valence-electron chi connectivity index (χ3n) is 3.68. The first-order valence-electron chi connectivity index (χ1n) is 6.50. The van der Waals surface area contributed by atoms with Crippen molar-refractivity contribution in [2.45, 2.75) is 13.0 Å². The van der Waals surface area contributed by atoms with Crippen molar-refractivity contribution in [2.24, 2.45) is 0 Å². The maximum absolute atomic E-state index is 13.4. The molecule has 0 atom stereocenters. The first kappa shape index (κ1) is 12.7. The molecule has 1 N–H and O–H groups in total. The number of benzene rings is 2. The highest BCUT2D eigenvalue weighted by Gasteiger charge is 2.18. The van der Waals surface area contributed by atoms with Crippen LogP contribution in [0.25, 0.3) is 0 Å². The van der Waals surface area contributed by atoms with Crippen LogP contribution >= 0.6 is 0 Å². The molecule has 2 aromatic rings. The van der Waals surface area contributed by atoms with Crippen LogP contribution in [0.15, 0.2) is 42.5 Å². The number of hydrogen-bond donors (Lipinski definition) is 1. The predicted octanol–water partition coefficient (Wildman–Crippen LogP) is 3.09. The van der Waals surface area contributed by atoms with Gasteiger partial charge in [-0.15, -0.1) is 0 Å². The zero-order valence-corrected chi connectivity index (χ0v) is 10.8. The number of fused-ring (bicyclic) bond motifs is 1. The van der Waals surface area contributed by atoms with E-state index >= 15 is 0 Å². The van der Waals surface area contributed by atoms with Gasteiger partial charge < -0.3 is 10.0 Å². The molecular weight excluding hydrogens is 257 g/mol. The molecular formula is C16H14FNO2. The van der Waals surface area contributed by atoms with E-state index in [0.717, 1.165) is 25.2 Å². The molecule has 0 amide bonds. The van der Waals surface area contributed by atoms with Gasteiger partial charge in [0.2, 0.25) is 0 Å². The van der Waals surface area contributed by atoms with Gasteiger partial charge in [-0.2, -0.15) is 0 Å². The van der Waals surface area contributed by atoms with Crippen LogP contribution in [0.2, 0.25) is 0 Å². The van der Waals surface area contributed by atoms with Gasteiger partial charge in [0.1, 0.15) is 5.82 Å². The fourth-order valence-electron chi connectivity index (χ4n) is 2.59. The molecule has 1 aliphatic heterocycles. The Bertz CT molecular complexity index is 669. The van der Waals surface area contributed by atoms with E-state index in [9.17, 15) is 9.18 Å². The SMILES string of the molecule is O=C(O)c1cc(N2CCc3ccccc3C2)ccc1F. The quantitative estimate of drug-likeness (QED) is 0.912. The number of carboxylic acids is 1. The Kier molecular flexibility index (Phi) is 3.14. The highest BCUT2D eigenvalue weighted by Crippen LogP contribution is 2.26. The van der Waals surface area contributed by atoms with E-state index in [1.165, 1.54) is 23.3 Å². The van der Waals surface area contributed by atoms with E-state index in [1.807, 2.05) is 12.1 Å². The van der Waals surface area contributed by atoms with Gasteiger partial charge in [-0.25, -0.2) is 9.18 Å². The maximum atomic E-state index is 13.4. The van der Waals surface area contributed by atoms with Crippen molar-refractivity contribution in [2.75, 3.05) is 11.4 Å². The van der Waals surface area contributed by atoms with Gasteiger partial charge in [-0.1, -0.05) is 24.3 Å². The van der Waals surface area contributed by atoms with Crippen LogP contribution in [0.4, 0.5) is 10.1 Å². The highest BCUT2D eigenvalue weighted by molar-refractivity contribution is 5.89. The zero-order chi connectivity index (χ0) is 14.1. The number of halogens is 1. The molecule has 0 aromatic heterocycles. The van der Waals surface area contributed by atoms with E-state index in [0.29, 0.717) is 0 Å². The highest BCUT2D eigenvalue weighted by atomic mass is 19.1. The van der Waals surface area contributed by atoms with Crippen LogP contribution in [-0.2, 0) is 13.0 Å². The predicted molar refractivity (Wildman–Crippen MR) is 74.6 cm³/mol. The first-order chi connectivity index (χ1) is 9.65. The Balaban J connectivity index is 1.92. The fraction of sp³-hybridized carbons (Fsp3) is 0.188. The average Bonchev–Trinajstić information content (AvgIpc) is 2.47. The van der Waals surface area contributed by atoms with Crippen LogP contribution < -0.4 is 4.90 Å². The minimum absolute atomic E-state index is 0.277. The van der Waals surface area contributed by atoms with Gasteiger partial charge >= 0.3 is 5.97 Å². The van der Waals surface area contributed by atoms with E-state index in [1.54, 1.807) is 6.07 Å². The van der Waals surface area contributed by atoms with Crippen molar-refractivity contribution in [3.05, 3.63) is 65.0 Å². The molecule has 4 heteroatoms. The van der Waals surface area contributed by atoms with Gasteiger partial charge in [-0.3, -0.25) is 0 Å². The third kappa shape index (κ3) is 2.25. The molecule has 0 spiro atoms. The molecule has 3 rings (SSSR count). The van der Waals surface area contributed by atoms with Crippen LogP contribution in [0.5, 0.6) is 0 Å². The van der Waals surface area contributed by atoms with Gasteiger partial charge in [0.15, 0.2) is 0 Å². The molecule has 3 nitrogen and oxygen atoms in total. The molecule has 20 heavy (non-hydrogen) atoms. The smallest absolute Gasteiger partial charge is 0.338 e. The van der Waals surface area contributed by atoms with E-state index in [4.69, 9.17) is 5.11 Å². The van der Waals surface area contributed by atoms with Gasteiger partial charge in [0.25, 0.3) is 0 Å². The maximum Gasteiger partial charge on any atom is 0.338 e. The molecule has 0 fully saturated rings. The minimum Gasteiger partial charge on any atom is -0.478 e. The normalized spacial score (nSPS) is 13.9. The molecule has 0 saturated heterocycles. The summed E-state index contributed by atoms with van der Waals surface area (Å²) in [6.07, 6.45) is 0.913. The number of nitrogens with zero attached hydrogens (tertiary/aromatic N) is 1. The summed E-state index contributed by atoms with van der Waals surface area (Å²) in [5, 5.41) is 8.99. The topological polar surface area (TPSA) is 40.5 Å². The van der Waals surface area contributed by atoms with Crippen molar-refractivity contribution >= 4 is 11.7 Å². The standard InChI is InChI=1S/C16H14FNO2/c17-15-6-5-13(9-14(15)16(19)20)18-8-7-11-3-1-2-4-12(11)10-18/h1-6,9H,7-8,10H2,(H,19,20). The Morgan fingerprint density at radius 3 is 2.65 bits per heavy atom. The van der Waals surface area contributed by atoms with Crippen molar-refractivity contribution in [1.82, 2.24) is 0 Å². The number of aromatic carboxylic acids is 1. The summed E-state index contributed by atoms with van der Waals surface area (Å²) in [4.78, 5) is 13.1. The van der Waals surface area contributed by atoms with Crippen LogP contribution in [-0.4, -0.2) is 17.6 Å². The van der Waals surface area contributed by atoms with E-state index in [2.05, 4.69) is 17.0 Å². The Morgan fingerprint density at radius 1 is 1.15 bits per heavy atom. The van der Waals surface area contributed by atoms with Crippen molar-refractivity contribution < 1.29 is 14.3 Å². The largest absolute Gasteiger partial charge is 0.478 e. The number of carboxylic acid groups (broad SMARTS) is 1. The second kappa shape index (κ2) is 4.96. The molecule has 2 aromatic carbocycles. The summed E-state index contributed by atoms with van der Waals surface area (Å²) >= 11 is 0. The molecule has 0 bridgehead atoms. The summed E-state index contributed by atoms with van der Waals surface area (Å²) in [6.45, 7) is 1.53. The van der Waals surface area contributed by atoms with Gasteiger partial charge in [0, 0.05) is 18.8 Å².